The van der Waals surface area contributed by atoms with Gasteiger partial charge in [-0.15, -0.1) is 5.06 Å². The third kappa shape index (κ3) is 2.23. The number of amides is 2. The molecule has 28 heavy (non-hydrogen) atoms. The number of nitrogens with one attached hydrogen (secondary N) is 1. The Morgan fingerprint density at radius 1 is 0.964 bits per heavy atom. The molecule has 0 bridgehead atoms. The lowest BCUT2D eigenvalue weighted by atomic mass is 9.95. The van der Waals surface area contributed by atoms with Crippen LogP contribution in [0.5, 0.6) is 0 Å². The van der Waals surface area contributed by atoms with Gasteiger partial charge in [-0.1, -0.05) is 34.1 Å². The van der Waals surface area contributed by atoms with Gasteiger partial charge in [-0.2, -0.15) is 0 Å². The van der Waals surface area contributed by atoms with Crippen LogP contribution in [-0.2, 0) is 16.6 Å². The highest BCUT2D eigenvalue weighted by atomic mass is 79.9. The summed E-state index contributed by atoms with van der Waals surface area (Å²) in [5.74, 6) is -1.45. The van der Waals surface area contributed by atoms with Gasteiger partial charge in [0.25, 0.3) is 11.8 Å². The van der Waals surface area contributed by atoms with Crippen LogP contribution in [0.4, 0.5) is 0 Å². The topological polar surface area (TPSA) is 78.3 Å². The zero-order valence-electron chi connectivity index (χ0n) is 14.7. The van der Waals surface area contributed by atoms with Crippen molar-refractivity contribution >= 4 is 60.7 Å². The first-order chi connectivity index (χ1) is 13.5. The van der Waals surface area contributed by atoms with Crippen LogP contribution in [0.15, 0.2) is 59.3 Å². The molecule has 6 nitrogen and oxygen atoms in total. The Balaban J connectivity index is 1.88. The summed E-state index contributed by atoms with van der Waals surface area (Å²) in [6.07, 6.45) is 3.51. The van der Waals surface area contributed by atoms with E-state index in [9.17, 15) is 14.8 Å². The number of hydroxylamine groups is 2. The van der Waals surface area contributed by atoms with Crippen molar-refractivity contribution in [2.75, 3.05) is 0 Å². The molecule has 5 rings (SSSR count). The predicted octanol–water partition coefficient (Wildman–Crippen LogP) is 4.09. The molecule has 4 aromatic rings. The standard InChI is InChI=1S/C21H14BrN3O3/c1-24-10-15(13-8-11(22)6-7-17(13)24)19-18(20(26)25(28)21(19)27)14-9-23-16-5-3-2-4-12(14)16/h2-10,23,28H,1H3. The van der Waals surface area contributed by atoms with Gasteiger partial charge in [0.05, 0.1) is 11.1 Å². The minimum Gasteiger partial charge on any atom is -0.361 e. The van der Waals surface area contributed by atoms with Crippen molar-refractivity contribution in [3.05, 3.63) is 70.5 Å². The fourth-order valence-electron chi connectivity index (χ4n) is 3.86. The van der Waals surface area contributed by atoms with E-state index in [1.54, 1.807) is 6.20 Å². The van der Waals surface area contributed by atoms with Gasteiger partial charge in [-0.25, -0.2) is 0 Å². The summed E-state index contributed by atoms with van der Waals surface area (Å²) < 4.78 is 2.76. The molecule has 2 aromatic carbocycles. The van der Waals surface area contributed by atoms with E-state index in [1.165, 1.54) is 0 Å². The molecule has 3 heterocycles. The van der Waals surface area contributed by atoms with E-state index in [0.717, 1.165) is 26.3 Å². The minimum atomic E-state index is -0.725. The van der Waals surface area contributed by atoms with E-state index in [2.05, 4.69) is 20.9 Å². The van der Waals surface area contributed by atoms with Gasteiger partial charge < -0.3 is 9.55 Å². The summed E-state index contributed by atoms with van der Waals surface area (Å²) in [5.41, 5.74) is 3.35. The van der Waals surface area contributed by atoms with Crippen molar-refractivity contribution in [2.45, 2.75) is 0 Å². The fourth-order valence-corrected chi connectivity index (χ4v) is 4.22. The largest absolute Gasteiger partial charge is 0.361 e. The molecule has 0 spiro atoms. The Morgan fingerprint density at radius 3 is 2.46 bits per heavy atom. The summed E-state index contributed by atoms with van der Waals surface area (Å²) in [5, 5.41) is 12.0. The number of rotatable bonds is 2. The van der Waals surface area contributed by atoms with Crippen LogP contribution < -0.4 is 0 Å². The maximum absolute atomic E-state index is 12.9. The van der Waals surface area contributed by atoms with Crippen LogP contribution in [0.2, 0.25) is 0 Å². The van der Waals surface area contributed by atoms with Crippen LogP contribution in [0, 0.1) is 0 Å². The normalized spacial score (nSPS) is 14.9. The number of fused-ring (bicyclic) bond motifs is 2. The summed E-state index contributed by atoms with van der Waals surface area (Å²) >= 11 is 3.47. The van der Waals surface area contributed by atoms with E-state index >= 15 is 0 Å². The summed E-state index contributed by atoms with van der Waals surface area (Å²) in [4.78, 5) is 28.8. The number of carbonyl (C=O) groups is 2. The molecule has 2 aromatic heterocycles. The number of para-hydroxylation sites is 1. The Bertz CT molecular complexity index is 1350. The molecule has 2 N–H and O–H groups in total. The Hall–Kier alpha value is -3.16. The highest BCUT2D eigenvalue weighted by molar-refractivity contribution is 9.10. The maximum Gasteiger partial charge on any atom is 0.286 e. The molecular weight excluding hydrogens is 422 g/mol. The third-order valence-corrected chi connectivity index (χ3v) is 5.64. The average Bonchev–Trinajstić information content (AvgIpc) is 3.31. The third-order valence-electron chi connectivity index (χ3n) is 5.14. The molecule has 1 aliphatic rings. The molecule has 0 saturated heterocycles. The molecule has 1 aliphatic heterocycles. The summed E-state index contributed by atoms with van der Waals surface area (Å²) in [6.45, 7) is 0. The smallest absolute Gasteiger partial charge is 0.286 e. The number of aromatic nitrogens is 2. The Morgan fingerprint density at radius 2 is 1.68 bits per heavy atom. The number of benzene rings is 2. The van der Waals surface area contributed by atoms with Crippen LogP contribution in [0.25, 0.3) is 33.0 Å². The number of hydrogen-bond donors (Lipinski definition) is 2. The van der Waals surface area contributed by atoms with E-state index in [-0.39, 0.29) is 16.2 Å². The molecular formula is C21H14BrN3O3. The molecule has 0 fully saturated rings. The lowest BCUT2D eigenvalue weighted by Gasteiger charge is -2.03. The molecule has 0 radical (unpaired) electrons. The van der Waals surface area contributed by atoms with Crippen molar-refractivity contribution in [1.82, 2.24) is 14.6 Å². The van der Waals surface area contributed by atoms with Gasteiger partial charge in [0.1, 0.15) is 0 Å². The first kappa shape index (κ1) is 17.0. The zero-order chi connectivity index (χ0) is 19.6. The minimum absolute atomic E-state index is 0.192. The van der Waals surface area contributed by atoms with Crippen LogP contribution in [-0.4, -0.2) is 31.6 Å². The second kappa shape index (κ2) is 5.92. The number of halogens is 1. The number of hydrogen-bond acceptors (Lipinski definition) is 3. The van der Waals surface area contributed by atoms with Crippen molar-refractivity contribution in [3.8, 4) is 0 Å². The van der Waals surface area contributed by atoms with Gasteiger partial charge in [-0.05, 0) is 24.3 Å². The monoisotopic (exact) mass is 435 g/mol. The van der Waals surface area contributed by atoms with Crippen LogP contribution >= 0.6 is 15.9 Å². The second-order valence-corrected chi connectivity index (χ2v) is 7.65. The zero-order valence-corrected chi connectivity index (χ0v) is 16.3. The van der Waals surface area contributed by atoms with Gasteiger partial charge in [-0.3, -0.25) is 14.8 Å². The van der Waals surface area contributed by atoms with Gasteiger partial charge in [0.2, 0.25) is 0 Å². The highest BCUT2D eigenvalue weighted by Gasteiger charge is 2.41. The van der Waals surface area contributed by atoms with E-state index in [0.29, 0.717) is 11.1 Å². The SMILES string of the molecule is Cn1cc(C2=C(c3c[nH]c4ccccc34)C(=O)N(O)C2=O)c2cc(Br)ccc21. The predicted molar refractivity (Wildman–Crippen MR) is 109 cm³/mol. The Labute approximate surface area is 167 Å². The second-order valence-electron chi connectivity index (χ2n) is 6.74. The Kier molecular flexibility index (Phi) is 3.59. The maximum atomic E-state index is 12.9. The quantitative estimate of drug-likeness (QED) is 0.367. The average molecular weight is 436 g/mol. The van der Waals surface area contributed by atoms with Crippen molar-refractivity contribution < 1.29 is 14.8 Å². The van der Waals surface area contributed by atoms with Gasteiger partial charge in [0, 0.05) is 56.8 Å². The number of nitrogens with zero attached hydrogens (tertiary/aromatic N) is 2. The number of carbonyl (C=O) groups excluding carboxylic acids is 2. The number of aryl methyl sites for hydroxylation is 1. The van der Waals surface area contributed by atoms with E-state index < -0.39 is 11.8 Å². The lowest BCUT2D eigenvalue weighted by molar-refractivity contribution is -0.168. The van der Waals surface area contributed by atoms with Crippen LogP contribution in [0.1, 0.15) is 11.1 Å². The lowest BCUT2D eigenvalue weighted by Crippen LogP contribution is -2.27. The van der Waals surface area contributed by atoms with E-state index in [4.69, 9.17) is 0 Å². The molecule has 2 amide bonds. The molecule has 0 unspecified atom stereocenters. The first-order valence-electron chi connectivity index (χ1n) is 8.60. The first-order valence-corrected chi connectivity index (χ1v) is 9.40. The fraction of sp³-hybridized carbons (Fsp3) is 0.0476. The highest BCUT2D eigenvalue weighted by Crippen LogP contribution is 2.40. The molecule has 7 heteroatoms. The molecule has 0 saturated carbocycles. The van der Waals surface area contributed by atoms with Crippen molar-refractivity contribution in [2.24, 2.45) is 7.05 Å². The summed E-state index contributed by atoms with van der Waals surface area (Å²) in [6, 6.07) is 13.3. The number of H-pyrrole nitrogens is 1. The van der Waals surface area contributed by atoms with Gasteiger partial charge in [0.15, 0.2) is 0 Å². The molecule has 0 atom stereocenters. The van der Waals surface area contributed by atoms with E-state index in [1.807, 2.05) is 60.3 Å². The molecule has 138 valence electrons. The van der Waals surface area contributed by atoms with Crippen LogP contribution in [0.3, 0.4) is 0 Å². The van der Waals surface area contributed by atoms with Crippen molar-refractivity contribution in [1.29, 1.82) is 0 Å². The van der Waals surface area contributed by atoms with Crippen molar-refractivity contribution in [3.63, 3.8) is 0 Å². The number of aromatic amines is 1. The summed E-state index contributed by atoms with van der Waals surface area (Å²) in [7, 11) is 1.88. The number of imide groups is 1. The molecule has 0 aliphatic carbocycles. The van der Waals surface area contributed by atoms with Gasteiger partial charge >= 0.3 is 0 Å².